The minimum Gasteiger partial charge on any atom is -0.489 e. The highest BCUT2D eigenvalue weighted by molar-refractivity contribution is 7.15. The molecule has 132 valence electrons. The molecular formula is C18H17N5O2S. The summed E-state index contributed by atoms with van der Waals surface area (Å²) >= 11 is 1.18. The van der Waals surface area contributed by atoms with E-state index in [0.29, 0.717) is 16.7 Å². The summed E-state index contributed by atoms with van der Waals surface area (Å²) in [5.74, 6) is 0.490. The van der Waals surface area contributed by atoms with Gasteiger partial charge in [0.2, 0.25) is 11.0 Å². The Morgan fingerprint density at radius 2 is 1.92 bits per heavy atom. The van der Waals surface area contributed by atoms with Crippen molar-refractivity contribution in [3.8, 4) is 5.75 Å². The fraction of sp³-hybridized carbons (Fsp3) is 0.111. The number of hydrazone groups is 1. The third kappa shape index (κ3) is 5.38. The Morgan fingerprint density at radius 3 is 2.62 bits per heavy atom. The predicted molar refractivity (Wildman–Crippen MR) is 101 cm³/mol. The molecule has 8 heteroatoms. The van der Waals surface area contributed by atoms with Crippen molar-refractivity contribution in [3.63, 3.8) is 0 Å². The van der Waals surface area contributed by atoms with Gasteiger partial charge in [-0.25, -0.2) is 5.43 Å². The Hall–Kier alpha value is -3.26. The fourth-order valence-corrected chi connectivity index (χ4v) is 2.69. The number of hydrogen-bond acceptors (Lipinski definition) is 7. The van der Waals surface area contributed by atoms with E-state index in [2.05, 4.69) is 20.7 Å². The van der Waals surface area contributed by atoms with Crippen LogP contribution >= 0.6 is 11.3 Å². The zero-order valence-corrected chi connectivity index (χ0v) is 14.6. The first-order chi connectivity index (χ1) is 12.7. The molecule has 0 spiro atoms. The Bertz CT molecular complexity index is 878. The highest BCUT2D eigenvalue weighted by Crippen LogP contribution is 2.13. The molecule has 3 aromatic rings. The lowest BCUT2D eigenvalue weighted by molar-refractivity contribution is -0.120. The number of rotatable bonds is 7. The lowest BCUT2D eigenvalue weighted by atomic mass is 10.2. The molecule has 3 rings (SSSR count). The van der Waals surface area contributed by atoms with Crippen molar-refractivity contribution < 1.29 is 9.53 Å². The van der Waals surface area contributed by atoms with Crippen LogP contribution < -0.4 is 15.9 Å². The Labute approximate surface area is 154 Å². The van der Waals surface area contributed by atoms with Crippen LogP contribution in [0.2, 0.25) is 0 Å². The maximum absolute atomic E-state index is 11.7. The molecule has 1 heterocycles. The van der Waals surface area contributed by atoms with Crippen molar-refractivity contribution in [1.29, 1.82) is 0 Å². The van der Waals surface area contributed by atoms with Gasteiger partial charge in [0.1, 0.15) is 17.4 Å². The van der Waals surface area contributed by atoms with E-state index in [1.54, 1.807) is 6.21 Å². The van der Waals surface area contributed by atoms with E-state index >= 15 is 0 Å². The molecule has 0 atom stereocenters. The summed E-state index contributed by atoms with van der Waals surface area (Å²) in [7, 11) is 0. The van der Waals surface area contributed by atoms with Crippen LogP contribution in [0.1, 0.15) is 16.1 Å². The van der Waals surface area contributed by atoms with E-state index in [1.807, 2.05) is 54.6 Å². The zero-order chi connectivity index (χ0) is 18.2. The van der Waals surface area contributed by atoms with Gasteiger partial charge in [0.15, 0.2) is 0 Å². The SMILES string of the molecule is Nc1nnc(CC(=O)N/N=C\c2ccc(OCc3ccccc3)cc2)s1. The number of amides is 1. The summed E-state index contributed by atoms with van der Waals surface area (Å²) in [6.45, 7) is 0.514. The fourth-order valence-electron chi connectivity index (χ4n) is 2.08. The van der Waals surface area contributed by atoms with Crippen molar-refractivity contribution in [2.75, 3.05) is 5.73 Å². The van der Waals surface area contributed by atoms with Crippen LogP contribution in [0.25, 0.3) is 0 Å². The van der Waals surface area contributed by atoms with Crippen molar-refractivity contribution in [3.05, 3.63) is 70.7 Å². The number of ether oxygens (including phenoxy) is 1. The van der Waals surface area contributed by atoms with E-state index in [-0.39, 0.29) is 12.3 Å². The Morgan fingerprint density at radius 1 is 1.15 bits per heavy atom. The number of nitrogens with two attached hydrogens (primary N) is 1. The molecule has 3 N–H and O–H groups in total. The molecule has 1 aromatic heterocycles. The quantitative estimate of drug-likeness (QED) is 0.493. The minimum absolute atomic E-state index is 0.0957. The van der Waals surface area contributed by atoms with Gasteiger partial charge in [-0.3, -0.25) is 4.79 Å². The standard InChI is InChI=1S/C18H17N5O2S/c19-18-23-22-17(26-18)10-16(24)21-20-11-13-6-8-15(9-7-13)25-12-14-4-2-1-3-5-14/h1-9,11H,10,12H2,(H2,19,23)(H,21,24)/b20-11-. The summed E-state index contributed by atoms with van der Waals surface area (Å²) in [6, 6.07) is 17.4. The average molecular weight is 367 g/mol. The maximum Gasteiger partial charge on any atom is 0.247 e. The lowest BCUT2D eigenvalue weighted by Gasteiger charge is -2.06. The summed E-state index contributed by atoms with van der Waals surface area (Å²) < 4.78 is 5.72. The van der Waals surface area contributed by atoms with Gasteiger partial charge in [-0.05, 0) is 35.4 Å². The number of anilines is 1. The second-order valence-electron chi connectivity index (χ2n) is 5.35. The second kappa shape index (κ2) is 8.72. The maximum atomic E-state index is 11.7. The Kier molecular flexibility index (Phi) is 5.89. The molecule has 0 fully saturated rings. The molecule has 0 unspecified atom stereocenters. The molecule has 0 saturated carbocycles. The number of nitrogens with zero attached hydrogens (tertiary/aromatic N) is 3. The first kappa shape index (κ1) is 17.6. The second-order valence-corrected chi connectivity index (χ2v) is 6.44. The third-order valence-electron chi connectivity index (χ3n) is 3.33. The predicted octanol–water partition coefficient (Wildman–Crippen LogP) is 2.39. The molecule has 0 aliphatic carbocycles. The summed E-state index contributed by atoms with van der Waals surface area (Å²) in [4.78, 5) is 11.7. The normalized spacial score (nSPS) is 10.8. The summed E-state index contributed by atoms with van der Waals surface area (Å²) in [5.41, 5.74) is 9.87. The average Bonchev–Trinajstić information content (AvgIpc) is 3.06. The molecular weight excluding hydrogens is 350 g/mol. The number of carbonyl (C=O) groups excluding carboxylic acids is 1. The third-order valence-corrected chi connectivity index (χ3v) is 4.08. The number of aromatic nitrogens is 2. The van der Waals surface area contributed by atoms with Gasteiger partial charge >= 0.3 is 0 Å². The van der Waals surface area contributed by atoms with E-state index in [4.69, 9.17) is 10.5 Å². The van der Waals surface area contributed by atoms with Gasteiger partial charge in [0, 0.05) is 0 Å². The first-order valence-electron chi connectivity index (χ1n) is 7.85. The Balaban J connectivity index is 1.46. The smallest absolute Gasteiger partial charge is 0.247 e. The van der Waals surface area contributed by atoms with Gasteiger partial charge in [-0.1, -0.05) is 41.7 Å². The van der Waals surface area contributed by atoms with Crippen LogP contribution in [0, 0.1) is 0 Å². The highest BCUT2D eigenvalue weighted by atomic mass is 32.1. The van der Waals surface area contributed by atoms with Crippen LogP contribution in [0.4, 0.5) is 5.13 Å². The topological polar surface area (TPSA) is 102 Å². The molecule has 0 saturated heterocycles. The van der Waals surface area contributed by atoms with Crippen molar-refractivity contribution >= 4 is 28.6 Å². The molecule has 0 aliphatic rings. The van der Waals surface area contributed by atoms with Gasteiger partial charge in [-0.15, -0.1) is 10.2 Å². The number of benzene rings is 2. The van der Waals surface area contributed by atoms with E-state index < -0.39 is 0 Å². The van der Waals surface area contributed by atoms with Gasteiger partial charge in [-0.2, -0.15) is 5.10 Å². The molecule has 0 bridgehead atoms. The highest BCUT2D eigenvalue weighted by Gasteiger charge is 2.06. The summed E-state index contributed by atoms with van der Waals surface area (Å²) in [5, 5.41) is 12.3. The van der Waals surface area contributed by atoms with Crippen molar-refractivity contribution in [1.82, 2.24) is 15.6 Å². The minimum atomic E-state index is -0.278. The van der Waals surface area contributed by atoms with Crippen LogP contribution in [0.3, 0.4) is 0 Å². The van der Waals surface area contributed by atoms with Crippen LogP contribution in [0.15, 0.2) is 59.7 Å². The zero-order valence-electron chi connectivity index (χ0n) is 13.8. The van der Waals surface area contributed by atoms with Crippen LogP contribution in [-0.4, -0.2) is 22.3 Å². The molecule has 0 radical (unpaired) electrons. The number of nitrogens with one attached hydrogen (secondary N) is 1. The molecule has 26 heavy (non-hydrogen) atoms. The molecule has 2 aromatic carbocycles. The van der Waals surface area contributed by atoms with E-state index in [1.165, 1.54) is 11.3 Å². The van der Waals surface area contributed by atoms with Gasteiger partial charge in [0.25, 0.3) is 0 Å². The first-order valence-corrected chi connectivity index (χ1v) is 8.67. The molecule has 0 aliphatic heterocycles. The van der Waals surface area contributed by atoms with Crippen molar-refractivity contribution in [2.45, 2.75) is 13.0 Å². The largest absolute Gasteiger partial charge is 0.489 e. The van der Waals surface area contributed by atoms with Crippen molar-refractivity contribution in [2.24, 2.45) is 5.10 Å². The van der Waals surface area contributed by atoms with E-state index in [9.17, 15) is 4.79 Å². The molecule has 1 amide bonds. The monoisotopic (exact) mass is 367 g/mol. The van der Waals surface area contributed by atoms with Crippen LogP contribution in [-0.2, 0) is 17.8 Å². The number of carbonyl (C=O) groups is 1. The number of hydrogen-bond donors (Lipinski definition) is 2. The molecule has 7 nitrogen and oxygen atoms in total. The number of nitrogen functional groups attached to an aromatic ring is 1. The lowest BCUT2D eigenvalue weighted by Crippen LogP contribution is -2.19. The van der Waals surface area contributed by atoms with Crippen LogP contribution in [0.5, 0.6) is 5.75 Å². The van der Waals surface area contributed by atoms with Gasteiger partial charge in [0.05, 0.1) is 12.6 Å². The van der Waals surface area contributed by atoms with E-state index in [0.717, 1.165) is 16.9 Å². The van der Waals surface area contributed by atoms with Gasteiger partial charge < -0.3 is 10.5 Å². The summed E-state index contributed by atoms with van der Waals surface area (Å²) in [6.07, 6.45) is 1.66.